The van der Waals surface area contributed by atoms with Gasteiger partial charge in [0.1, 0.15) is 0 Å². The van der Waals surface area contributed by atoms with E-state index in [4.69, 9.17) is 5.53 Å². The zero-order valence-corrected chi connectivity index (χ0v) is 7.89. The standard InChI is InChI=1S/C9H9N3O2/c1-6-3-4-7(9(13)14-2)8(5-6)11-12-10/h3-5H,1-2H3. The molecule has 1 rings (SSSR count). The van der Waals surface area contributed by atoms with Crippen LogP contribution in [-0.4, -0.2) is 13.1 Å². The third-order valence-corrected chi connectivity index (χ3v) is 1.71. The van der Waals surface area contributed by atoms with E-state index in [0.717, 1.165) is 5.56 Å². The number of methoxy groups -OCH3 is 1. The first kappa shape index (κ1) is 10.1. The van der Waals surface area contributed by atoms with Crippen molar-refractivity contribution in [2.75, 3.05) is 7.11 Å². The summed E-state index contributed by atoms with van der Waals surface area (Å²) in [4.78, 5) is 13.9. The highest BCUT2D eigenvalue weighted by Gasteiger charge is 2.09. The molecule has 14 heavy (non-hydrogen) atoms. The zero-order valence-electron chi connectivity index (χ0n) is 7.89. The molecule has 0 aliphatic carbocycles. The Morgan fingerprint density at radius 3 is 2.86 bits per heavy atom. The van der Waals surface area contributed by atoms with E-state index in [-0.39, 0.29) is 5.56 Å². The first-order chi connectivity index (χ1) is 6.69. The Kier molecular flexibility index (Phi) is 3.09. The molecule has 0 heterocycles. The topological polar surface area (TPSA) is 75.1 Å². The number of ether oxygens (including phenoxy) is 1. The minimum Gasteiger partial charge on any atom is -0.465 e. The third-order valence-electron chi connectivity index (χ3n) is 1.71. The van der Waals surface area contributed by atoms with Crippen LogP contribution in [0.3, 0.4) is 0 Å². The largest absolute Gasteiger partial charge is 0.465 e. The number of azide groups is 1. The van der Waals surface area contributed by atoms with E-state index < -0.39 is 5.97 Å². The molecule has 0 aliphatic heterocycles. The summed E-state index contributed by atoms with van der Waals surface area (Å²) in [5.74, 6) is -0.507. The maximum atomic E-state index is 11.2. The van der Waals surface area contributed by atoms with Gasteiger partial charge in [-0.2, -0.15) is 0 Å². The molecule has 0 saturated carbocycles. The van der Waals surface area contributed by atoms with Crippen molar-refractivity contribution < 1.29 is 9.53 Å². The van der Waals surface area contributed by atoms with Crippen molar-refractivity contribution >= 4 is 11.7 Å². The molecule has 0 fully saturated rings. The van der Waals surface area contributed by atoms with Crippen LogP contribution in [0.1, 0.15) is 15.9 Å². The van der Waals surface area contributed by atoms with Crippen molar-refractivity contribution in [3.05, 3.63) is 39.8 Å². The highest BCUT2D eigenvalue weighted by atomic mass is 16.5. The lowest BCUT2D eigenvalue weighted by Crippen LogP contribution is -2.01. The average Bonchev–Trinajstić information content (AvgIpc) is 2.17. The Hall–Kier alpha value is -2.00. The number of hydrogen-bond donors (Lipinski definition) is 0. The second-order valence-corrected chi connectivity index (χ2v) is 2.70. The van der Waals surface area contributed by atoms with Gasteiger partial charge in [0.25, 0.3) is 0 Å². The number of aryl methyl sites for hydroxylation is 1. The molecule has 1 aromatic rings. The molecule has 0 N–H and O–H groups in total. The summed E-state index contributed by atoms with van der Waals surface area (Å²) in [6.45, 7) is 1.84. The smallest absolute Gasteiger partial charge is 0.338 e. The summed E-state index contributed by atoms with van der Waals surface area (Å²) >= 11 is 0. The summed E-state index contributed by atoms with van der Waals surface area (Å²) in [5.41, 5.74) is 9.78. The van der Waals surface area contributed by atoms with E-state index in [1.54, 1.807) is 18.2 Å². The van der Waals surface area contributed by atoms with Crippen LogP contribution in [0.5, 0.6) is 0 Å². The second kappa shape index (κ2) is 4.30. The van der Waals surface area contributed by atoms with Crippen LogP contribution in [0.15, 0.2) is 23.3 Å². The van der Waals surface area contributed by atoms with Gasteiger partial charge in [-0.1, -0.05) is 16.7 Å². The number of rotatable bonds is 2. The molecule has 5 nitrogen and oxygen atoms in total. The number of carbonyl (C=O) groups is 1. The molecule has 0 amide bonds. The minimum atomic E-state index is -0.507. The third kappa shape index (κ3) is 2.02. The molecule has 1 aromatic carbocycles. The number of nitrogens with zero attached hydrogens (tertiary/aromatic N) is 3. The summed E-state index contributed by atoms with van der Waals surface area (Å²) < 4.78 is 4.54. The molecule has 0 atom stereocenters. The van der Waals surface area contributed by atoms with Gasteiger partial charge in [0.05, 0.1) is 18.4 Å². The Morgan fingerprint density at radius 1 is 1.57 bits per heavy atom. The fourth-order valence-corrected chi connectivity index (χ4v) is 1.06. The molecule has 0 bridgehead atoms. The maximum Gasteiger partial charge on any atom is 0.338 e. The monoisotopic (exact) mass is 191 g/mol. The van der Waals surface area contributed by atoms with Gasteiger partial charge >= 0.3 is 5.97 Å². The Bertz CT molecular complexity index is 409. The molecule has 0 unspecified atom stereocenters. The molecule has 5 heteroatoms. The van der Waals surface area contributed by atoms with Crippen molar-refractivity contribution in [2.24, 2.45) is 5.11 Å². The van der Waals surface area contributed by atoms with Gasteiger partial charge < -0.3 is 4.74 Å². The first-order valence-corrected chi connectivity index (χ1v) is 3.93. The van der Waals surface area contributed by atoms with Crippen LogP contribution < -0.4 is 0 Å². The van der Waals surface area contributed by atoms with Gasteiger partial charge in [0.2, 0.25) is 0 Å². The van der Waals surface area contributed by atoms with E-state index in [0.29, 0.717) is 5.69 Å². The summed E-state index contributed by atoms with van der Waals surface area (Å²) in [6.07, 6.45) is 0. The number of esters is 1. The molecule has 0 saturated heterocycles. The number of benzene rings is 1. The van der Waals surface area contributed by atoms with Gasteiger partial charge in [-0.05, 0) is 24.6 Å². The molecule has 0 radical (unpaired) electrons. The van der Waals surface area contributed by atoms with Gasteiger partial charge in [0, 0.05) is 4.91 Å². The van der Waals surface area contributed by atoms with E-state index in [2.05, 4.69) is 14.8 Å². The van der Waals surface area contributed by atoms with Crippen molar-refractivity contribution in [1.29, 1.82) is 0 Å². The molecule has 0 spiro atoms. The second-order valence-electron chi connectivity index (χ2n) is 2.70. The number of hydrogen-bond acceptors (Lipinski definition) is 3. The summed E-state index contributed by atoms with van der Waals surface area (Å²) in [5, 5.41) is 3.42. The first-order valence-electron chi connectivity index (χ1n) is 3.93. The van der Waals surface area contributed by atoms with Crippen molar-refractivity contribution in [2.45, 2.75) is 6.92 Å². The fourth-order valence-electron chi connectivity index (χ4n) is 1.06. The quantitative estimate of drug-likeness (QED) is 0.312. The minimum absolute atomic E-state index is 0.274. The van der Waals surface area contributed by atoms with Gasteiger partial charge in [-0.25, -0.2) is 4.79 Å². The summed E-state index contributed by atoms with van der Waals surface area (Å²) in [6, 6.07) is 4.96. The van der Waals surface area contributed by atoms with Crippen molar-refractivity contribution in [3.63, 3.8) is 0 Å². The van der Waals surface area contributed by atoms with E-state index >= 15 is 0 Å². The average molecular weight is 191 g/mol. The van der Waals surface area contributed by atoms with E-state index in [1.807, 2.05) is 6.92 Å². The zero-order chi connectivity index (χ0) is 10.6. The highest BCUT2D eigenvalue weighted by molar-refractivity contribution is 5.94. The van der Waals surface area contributed by atoms with Crippen molar-refractivity contribution in [1.82, 2.24) is 0 Å². The molecular weight excluding hydrogens is 182 g/mol. The van der Waals surface area contributed by atoms with Crippen LogP contribution >= 0.6 is 0 Å². The predicted molar refractivity (Wildman–Crippen MR) is 51.3 cm³/mol. The Morgan fingerprint density at radius 2 is 2.29 bits per heavy atom. The SMILES string of the molecule is COC(=O)c1ccc(C)cc1N=[N+]=[N-]. The van der Waals surface area contributed by atoms with Crippen LogP contribution in [0.2, 0.25) is 0 Å². The fraction of sp³-hybridized carbons (Fsp3) is 0.222. The van der Waals surface area contributed by atoms with E-state index in [9.17, 15) is 4.79 Å². The Labute approximate surface area is 80.9 Å². The van der Waals surface area contributed by atoms with Gasteiger partial charge in [-0.15, -0.1) is 0 Å². The van der Waals surface area contributed by atoms with Crippen molar-refractivity contribution in [3.8, 4) is 0 Å². The van der Waals surface area contributed by atoms with Crippen LogP contribution in [0.4, 0.5) is 5.69 Å². The lowest BCUT2D eigenvalue weighted by Gasteiger charge is -2.03. The van der Waals surface area contributed by atoms with Crippen LogP contribution in [0.25, 0.3) is 10.4 Å². The van der Waals surface area contributed by atoms with Crippen LogP contribution in [-0.2, 0) is 4.74 Å². The van der Waals surface area contributed by atoms with Gasteiger partial charge in [-0.3, -0.25) is 0 Å². The molecule has 0 aliphatic rings. The van der Waals surface area contributed by atoms with Crippen LogP contribution in [0, 0.1) is 6.92 Å². The molecule has 0 aromatic heterocycles. The molecule has 72 valence electrons. The number of carbonyl (C=O) groups excluding carboxylic acids is 1. The maximum absolute atomic E-state index is 11.2. The van der Waals surface area contributed by atoms with E-state index in [1.165, 1.54) is 7.11 Å². The van der Waals surface area contributed by atoms with Gasteiger partial charge in [0.15, 0.2) is 0 Å². The summed E-state index contributed by atoms with van der Waals surface area (Å²) in [7, 11) is 1.28. The molecular formula is C9H9N3O2. The predicted octanol–water partition coefficient (Wildman–Crippen LogP) is 2.72. The lowest BCUT2D eigenvalue weighted by atomic mass is 10.1. The normalized spacial score (nSPS) is 9.00. The highest BCUT2D eigenvalue weighted by Crippen LogP contribution is 2.21. The Balaban J connectivity index is 3.28. The lowest BCUT2D eigenvalue weighted by molar-refractivity contribution is 0.0601.